The van der Waals surface area contributed by atoms with Crippen LogP contribution in [0, 0.1) is 5.82 Å². The lowest BCUT2D eigenvalue weighted by atomic mass is 9.94. The molecule has 1 heterocycles. The second kappa shape index (κ2) is 8.31. The zero-order valence-electron chi connectivity index (χ0n) is 15.5. The van der Waals surface area contributed by atoms with E-state index in [1.54, 1.807) is 35.0 Å². The fraction of sp³-hybridized carbons (Fsp3) is 0.333. The van der Waals surface area contributed by atoms with E-state index in [1.165, 1.54) is 13.2 Å². The van der Waals surface area contributed by atoms with E-state index in [0.29, 0.717) is 25.1 Å². The van der Waals surface area contributed by atoms with Crippen molar-refractivity contribution < 1.29 is 18.7 Å². The molecule has 5 nitrogen and oxygen atoms in total. The first-order chi connectivity index (χ1) is 13.0. The van der Waals surface area contributed by atoms with Gasteiger partial charge in [0.2, 0.25) is 5.91 Å². The minimum absolute atomic E-state index is 0.0873. The maximum Gasteiger partial charge on any atom is 0.328 e. The highest BCUT2D eigenvalue weighted by atomic mass is 19.1. The highest BCUT2D eigenvalue weighted by Crippen LogP contribution is 2.24. The second-order valence-electron chi connectivity index (χ2n) is 6.80. The van der Waals surface area contributed by atoms with Crippen molar-refractivity contribution in [1.29, 1.82) is 0 Å². The zero-order valence-corrected chi connectivity index (χ0v) is 15.5. The molecule has 0 saturated carbocycles. The Kier molecular flexibility index (Phi) is 5.86. The number of esters is 1. The molecule has 0 aromatic heterocycles. The topological polar surface area (TPSA) is 49.9 Å². The number of hydrogen-bond donors (Lipinski definition) is 0. The fourth-order valence-electron chi connectivity index (χ4n) is 3.43. The summed E-state index contributed by atoms with van der Waals surface area (Å²) >= 11 is 0. The first kappa shape index (κ1) is 19.0. The molecule has 0 fully saturated rings. The summed E-state index contributed by atoms with van der Waals surface area (Å²) in [5.41, 5.74) is 2.61. The Bertz CT molecular complexity index is 840. The van der Waals surface area contributed by atoms with E-state index in [4.69, 9.17) is 4.74 Å². The minimum Gasteiger partial charge on any atom is -0.467 e. The van der Waals surface area contributed by atoms with Crippen LogP contribution in [0.15, 0.2) is 48.5 Å². The van der Waals surface area contributed by atoms with Gasteiger partial charge in [-0.1, -0.05) is 42.5 Å². The molecular weight excluding hydrogens is 347 g/mol. The van der Waals surface area contributed by atoms with Gasteiger partial charge < -0.3 is 9.64 Å². The Morgan fingerprint density at radius 3 is 2.52 bits per heavy atom. The van der Waals surface area contributed by atoms with Gasteiger partial charge in [0.1, 0.15) is 11.9 Å². The van der Waals surface area contributed by atoms with Crippen molar-refractivity contribution >= 4 is 11.9 Å². The standard InChI is InChI=1S/C21H23FN2O3/c1-23(12-17-9-5-6-10-18(17)22)14-20(25)24-13-16-8-4-3-7-15(16)11-19(24)21(26)27-2/h3-10,19H,11-14H2,1-2H3/t19-/m0/s1. The largest absolute Gasteiger partial charge is 0.467 e. The van der Waals surface area contributed by atoms with E-state index in [-0.39, 0.29) is 18.3 Å². The van der Waals surface area contributed by atoms with Gasteiger partial charge in [0.05, 0.1) is 13.7 Å². The molecule has 0 N–H and O–H groups in total. The number of carbonyl (C=O) groups excluding carboxylic acids is 2. The molecule has 1 aliphatic heterocycles. The summed E-state index contributed by atoms with van der Waals surface area (Å²) in [5.74, 6) is -0.899. The highest BCUT2D eigenvalue weighted by Gasteiger charge is 2.35. The fourth-order valence-corrected chi connectivity index (χ4v) is 3.43. The number of rotatable bonds is 5. The molecule has 6 heteroatoms. The van der Waals surface area contributed by atoms with Crippen LogP contribution in [0.4, 0.5) is 4.39 Å². The summed E-state index contributed by atoms with van der Waals surface area (Å²) in [4.78, 5) is 28.4. The van der Waals surface area contributed by atoms with E-state index in [1.807, 2.05) is 24.3 Å². The summed E-state index contributed by atoms with van der Waals surface area (Å²) in [6, 6.07) is 13.6. The molecular formula is C21H23FN2O3. The van der Waals surface area contributed by atoms with Crippen LogP contribution < -0.4 is 0 Å². The minimum atomic E-state index is -0.640. The van der Waals surface area contributed by atoms with Crippen molar-refractivity contribution in [2.45, 2.75) is 25.6 Å². The van der Waals surface area contributed by atoms with Crippen LogP contribution in [-0.4, -0.2) is 48.4 Å². The second-order valence-corrected chi connectivity index (χ2v) is 6.80. The number of amides is 1. The number of nitrogens with zero attached hydrogens (tertiary/aromatic N) is 2. The predicted molar refractivity (Wildman–Crippen MR) is 99.2 cm³/mol. The normalized spacial score (nSPS) is 16.1. The van der Waals surface area contributed by atoms with E-state index >= 15 is 0 Å². The molecule has 1 atom stereocenters. The van der Waals surface area contributed by atoms with Crippen LogP contribution in [-0.2, 0) is 33.8 Å². The third-order valence-corrected chi connectivity index (χ3v) is 4.85. The van der Waals surface area contributed by atoms with Crippen LogP contribution in [0.1, 0.15) is 16.7 Å². The number of ether oxygens (including phenoxy) is 1. The van der Waals surface area contributed by atoms with Crippen molar-refractivity contribution in [3.05, 3.63) is 71.0 Å². The van der Waals surface area contributed by atoms with E-state index in [2.05, 4.69) is 0 Å². The third kappa shape index (κ3) is 4.34. The van der Waals surface area contributed by atoms with E-state index < -0.39 is 12.0 Å². The van der Waals surface area contributed by atoms with Gasteiger partial charge in [0.25, 0.3) is 0 Å². The van der Waals surface area contributed by atoms with Gasteiger partial charge in [-0.2, -0.15) is 0 Å². The van der Waals surface area contributed by atoms with Gasteiger partial charge in [-0.25, -0.2) is 9.18 Å². The van der Waals surface area contributed by atoms with Crippen LogP contribution in [0.5, 0.6) is 0 Å². The first-order valence-corrected chi connectivity index (χ1v) is 8.85. The number of halogens is 1. The number of methoxy groups -OCH3 is 1. The zero-order chi connectivity index (χ0) is 19.4. The Morgan fingerprint density at radius 1 is 1.15 bits per heavy atom. The van der Waals surface area contributed by atoms with E-state index in [0.717, 1.165) is 11.1 Å². The molecule has 0 radical (unpaired) electrons. The lowest BCUT2D eigenvalue weighted by molar-refractivity contribution is -0.154. The number of benzene rings is 2. The Morgan fingerprint density at radius 2 is 1.81 bits per heavy atom. The van der Waals surface area contributed by atoms with Crippen LogP contribution in [0.2, 0.25) is 0 Å². The maximum atomic E-state index is 13.8. The highest BCUT2D eigenvalue weighted by molar-refractivity contribution is 5.86. The quantitative estimate of drug-likeness (QED) is 0.759. The molecule has 0 saturated heterocycles. The van der Waals surface area contributed by atoms with E-state index in [9.17, 15) is 14.0 Å². The Balaban J connectivity index is 1.73. The lowest BCUT2D eigenvalue weighted by Gasteiger charge is -2.36. The number of carbonyl (C=O) groups is 2. The summed E-state index contributed by atoms with van der Waals surface area (Å²) < 4.78 is 18.7. The molecule has 1 amide bonds. The molecule has 3 rings (SSSR count). The van der Waals surface area contributed by atoms with Gasteiger partial charge in [0, 0.05) is 25.1 Å². The van der Waals surface area contributed by atoms with Crippen LogP contribution >= 0.6 is 0 Å². The summed E-state index contributed by atoms with van der Waals surface area (Å²) in [6.45, 7) is 0.762. The number of likely N-dealkylation sites (N-methyl/N-ethyl adjacent to an activating group) is 1. The number of hydrogen-bond acceptors (Lipinski definition) is 4. The monoisotopic (exact) mass is 370 g/mol. The smallest absolute Gasteiger partial charge is 0.328 e. The Labute approximate surface area is 158 Å². The first-order valence-electron chi connectivity index (χ1n) is 8.85. The van der Waals surface area contributed by atoms with Gasteiger partial charge in [-0.05, 0) is 24.2 Å². The molecule has 0 bridgehead atoms. The molecule has 0 aliphatic carbocycles. The summed E-state index contributed by atoms with van der Waals surface area (Å²) in [6.07, 6.45) is 0.436. The van der Waals surface area contributed by atoms with Crippen molar-refractivity contribution in [1.82, 2.24) is 9.80 Å². The molecule has 0 unspecified atom stereocenters. The maximum absolute atomic E-state index is 13.8. The van der Waals surface area contributed by atoms with Crippen molar-refractivity contribution in [2.24, 2.45) is 0 Å². The van der Waals surface area contributed by atoms with Crippen molar-refractivity contribution in [3.63, 3.8) is 0 Å². The lowest BCUT2D eigenvalue weighted by Crippen LogP contribution is -2.51. The molecule has 2 aromatic rings. The van der Waals surface area contributed by atoms with Crippen LogP contribution in [0.25, 0.3) is 0 Å². The van der Waals surface area contributed by atoms with Gasteiger partial charge in [-0.15, -0.1) is 0 Å². The average Bonchev–Trinajstić information content (AvgIpc) is 2.68. The molecule has 142 valence electrons. The summed E-state index contributed by atoms with van der Waals surface area (Å²) in [5, 5.41) is 0. The van der Waals surface area contributed by atoms with Gasteiger partial charge in [0.15, 0.2) is 0 Å². The van der Waals surface area contributed by atoms with Crippen molar-refractivity contribution in [3.8, 4) is 0 Å². The molecule has 0 spiro atoms. The third-order valence-electron chi connectivity index (χ3n) is 4.85. The molecule has 27 heavy (non-hydrogen) atoms. The predicted octanol–water partition coefficient (Wildman–Crippen LogP) is 2.38. The van der Waals surface area contributed by atoms with Gasteiger partial charge >= 0.3 is 5.97 Å². The van der Waals surface area contributed by atoms with Crippen LogP contribution in [0.3, 0.4) is 0 Å². The molecule has 1 aliphatic rings. The molecule has 2 aromatic carbocycles. The van der Waals surface area contributed by atoms with Gasteiger partial charge in [-0.3, -0.25) is 9.69 Å². The van der Waals surface area contributed by atoms with Crippen molar-refractivity contribution in [2.75, 3.05) is 20.7 Å². The SMILES string of the molecule is COC(=O)[C@@H]1Cc2ccccc2CN1C(=O)CN(C)Cc1ccccc1F. The Hall–Kier alpha value is -2.73. The summed E-state index contributed by atoms with van der Waals surface area (Å²) in [7, 11) is 3.09. The average molecular weight is 370 g/mol. The number of fused-ring (bicyclic) bond motifs is 1.